The van der Waals surface area contributed by atoms with Gasteiger partial charge in [0, 0.05) is 12.3 Å². The van der Waals surface area contributed by atoms with Crippen molar-refractivity contribution in [3.63, 3.8) is 0 Å². The quantitative estimate of drug-likeness (QED) is 0.781. The van der Waals surface area contributed by atoms with Crippen LogP contribution in [0.3, 0.4) is 0 Å². The second-order valence-electron chi connectivity index (χ2n) is 3.80. The molecule has 0 fully saturated rings. The lowest BCUT2D eigenvalue weighted by atomic mass is 10.3. The number of para-hydroxylation sites is 2. The van der Waals surface area contributed by atoms with Gasteiger partial charge in [0.05, 0.1) is 21.8 Å². The standard InChI is InChI=1S/C11H14N2OS/c1-8(2)13-10-7-5-4-6-9(10)12-11(13)15(3)14/h4-8H,1-3H3. The van der Waals surface area contributed by atoms with Gasteiger partial charge in [0.25, 0.3) is 0 Å². The minimum atomic E-state index is -1.04. The molecule has 4 heteroatoms. The SMILES string of the molecule is CC(C)n1c(S(C)=O)nc2ccccc21. The maximum Gasteiger partial charge on any atom is 0.200 e. The summed E-state index contributed by atoms with van der Waals surface area (Å²) >= 11 is 0. The van der Waals surface area contributed by atoms with Crippen LogP contribution in [-0.4, -0.2) is 20.0 Å². The predicted octanol–water partition coefficient (Wildman–Crippen LogP) is 2.35. The molecule has 2 aromatic rings. The molecule has 0 spiro atoms. The number of nitrogens with zero attached hydrogens (tertiary/aromatic N) is 2. The minimum Gasteiger partial charge on any atom is -0.314 e. The molecule has 0 aliphatic carbocycles. The van der Waals surface area contributed by atoms with E-state index < -0.39 is 10.8 Å². The summed E-state index contributed by atoms with van der Waals surface area (Å²) in [6.07, 6.45) is 1.67. The van der Waals surface area contributed by atoms with E-state index in [0.29, 0.717) is 5.16 Å². The summed E-state index contributed by atoms with van der Waals surface area (Å²) in [7, 11) is -1.04. The smallest absolute Gasteiger partial charge is 0.200 e. The molecule has 0 aliphatic rings. The summed E-state index contributed by atoms with van der Waals surface area (Å²) in [5.41, 5.74) is 1.97. The zero-order valence-corrected chi connectivity index (χ0v) is 9.91. The molecule has 0 N–H and O–H groups in total. The van der Waals surface area contributed by atoms with E-state index in [0.717, 1.165) is 11.0 Å². The van der Waals surface area contributed by atoms with E-state index in [1.54, 1.807) is 6.26 Å². The third kappa shape index (κ3) is 1.69. The van der Waals surface area contributed by atoms with Crippen molar-refractivity contribution >= 4 is 21.8 Å². The molecule has 0 saturated carbocycles. The zero-order chi connectivity index (χ0) is 11.0. The second-order valence-corrected chi connectivity index (χ2v) is 5.07. The van der Waals surface area contributed by atoms with Crippen LogP contribution in [0.5, 0.6) is 0 Å². The summed E-state index contributed by atoms with van der Waals surface area (Å²) < 4.78 is 13.6. The van der Waals surface area contributed by atoms with Crippen LogP contribution in [0.25, 0.3) is 11.0 Å². The predicted molar refractivity (Wildman–Crippen MR) is 62.5 cm³/mol. The first-order chi connectivity index (χ1) is 7.11. The Morgan fingerprint density at radius 3 is 2.60 bits per heavy atom. The third-order valence-corrected chi connectivity index (χ3v) is 3.14. The van der Waals surface area contributed by atoms with Crippen LogP contribution in [0.2, 0.25) is 0 Å². The molecule has 0 amide bonds. The third-order valence-electron chi connectivity index (χ3n) is 2.34. The summed E-state index contributed by atoms with van der Waals surface area (Å²) in [6, 6.07) is 8.16. The van der Waals surface area contributed by atoms with Crippen molar-refractivity contribution in [2.75, 3.05) is 6.26 Å². The Balaban J connectivity index is 2.80. The second kappa shape index (κ2) is 3.77. The van der Waals surface area contributed by atoms with Crippen molar-refractivity contribution in [2.24, 2.45) is 0 Å². The van der Waals surface area contributed by atoms with E-state index >= 15 is 0 Å². The zero-order valence-electron chi connectivity index (χ0n) is 9.10. The number of hydrogen-bond donors (Lipinski definition) is 0. The van der Waals surface area contributed by atoms with E-state index in [1.165, 1.54) is 0 Å². The van der Waals surface area contributed by atoms with E-state index in [2.05, 4.69) is 18.8 Å². The van der Waals surface area contributed by atoms with Gasteiger partial charge in [-0.2, -0.15) is 0 Å². The molecule has 1 heterocycles. The summed E-state index contributed by atoms with van der Waals surface area (Å²) in [4.78, 5) is 4.40. The Hall–Kier alpha value is -1.16. The van der Waals surface area contributed by atoms with Crippen molar-refractivity contribution in [3.8, 4) is 0 Å². The highest BCUT2D eigenvalue weighted by atomic mass is 32.2. The lowest BCUT2D eigenvalue weighted by molar-refractivity contribution is 0.557. The first-order valence-electron chi connectivity index (χ1n) is 4.91. The van der Waals surface area contributed by atoms with E-state index in [-0.39, 0.29) is 6.04 Å². The highest BCUT2D eigenvalue weighted by Crippen LogP contribution is 2.22. The maximum absolute atomic E-state index is 11.6. The number of rotatable bonds is 2. The molecule has 1 atom stereocenters. The van der Waals surface area contributed by atoms with E-state index in [4.69, 9.17) is 0 Å². The topological polar surface area (TPSA) is 34.9 Å². The Labute approximate surface area is 91.6 Å². The van der Waals surface area contributed by atoms with Crippen LogP contribution in [0.15, 0.2) is 29.4 Å². The van der Waals surface area contributed by atoms with Gasteiger partial charge in [0.2, 0.25) is 0 Å². The molecule has 0 bridgehead atoms. The summed E-state index contributed by atoms with van der Waals surface area (Å²) in [5.74, 6) is 0. The van der Waals surface area contributed by atoms with Crippen LogP contribution >= 0.6 is 0 Å². The van der Waals surface area contributed by atoms with Crippen LogP contribution in [0, 0.1) is 0 Å². The lowest BCUT2D eigenvalue weighted by Crippen LogP contribution is -2.06. The molecule has 1 aromatic heterocycles. The normalized spacial score (nSPS) is 13.6. The average Bonchev–Trinajstić information content (AvgIpc) is 2.56. The monoisotopic (exact) mass is 222 g/mol. The Kier molecular flexibility index (Phi) is 2.61. The maximum atomic E-state index is 11.6. The van der Waals surface area contributed by atoms with Crippen molar-refractivity contribution < 1.29 is 4.21 Å². The van der Waals surface area contributed by atoms with E-state index in [9.17, 15) is 4.21 Å². The van der Waals surface area contributed by atoms with Gasteiger partial charge in [-0.15, -0.1) is 0 Å². The molecule has 0 radical (unpaired) electrons. The molecule has 2 rings (SSSR count). The van der Waals surface area contributed by atoms with Crippen LogP contribution < -0.4 is 0 Å². The van der Waals surface area contributed by atoms with Crippen LogP contribution in [-0.2, 0) is 10.8 Å². The largest absolute Gasteiger partial charge is 0.314 e. The summed E-state index contributed by atoms with van der Waals surface area (Å²) in [5, 5.41) is 0.659. The minimum absolute atomic E-state index is 0.274. The molecule has 15 heavy (non-hydrogen) atoms. The van der Waals surface area contributed by atoms with Crippen LogP contribution in [0.4, 0.5) is 0 Å². The van der Waals surface area contributed by atoms with Gasteiger partial charge in [-0.1, -0.05) is 12.1 Å². The summed E-state index contributed by atoms with van der Waals surface area (Å²) in [6.45, 7) is 4.15. The number of hydrogen-bond acceptors (Lipinski definition) is 2. The fourth-order valence-corrected chi connectivity index (χ4v) is 2.54. The Morgan fingerprint density at radius 2 is 2.00 bits per heavy atom. The van der Waals surface area contributed by atoms with Crippen LogP contribution in [0.1, 0.15) is 19.9 Å². The first kappa shape index (κ1) is 10.4. The highest BCUT2D eigenvalue weighted by molar-refractivity contribution is 7.84. The molecular formula is C11H14N2OS. The molecule has 3 nitrogen and oxygen atoms in total. The molecule has 80 valence electrons. The number of fused-ring (bicyclic) bond motifs is 1. The molecule has 0 saturated heterocycles. The molecule has 0 aliphatic heterocycles. The van der Waals surface area contributed by atoms with E-state index in [1.807, 2.05) is 28.8 Å². The average molecular weight is 222 g/mol. The van der Waals surface area contributed by atoms with Gasteiger partial charge in [-0.05, 0) is 26.0 Å². The van der Waals surface area contributed by atoms with Crippen molar-refractivity contribution in [1.29, 1.82) is 0 Å². The van der Waals surface area contributed by atoms with Crippen molar-refractivity contribution in [1.82, 2.24) is 9.55 Å². The number of aromatic nitrogens is 2. The Bertz CT molecular complexity index is 516. The molecule has 1 aromatic carbocycles. The highest BCUT2D eigenvalue weighted by Gasteiger charge is 2.14. The van der Waals surface area contributed by atoms with Gasteiger partial charge < -0.3 is 4.57 Å². The number of benzene rings is 1. The number of imidazole rings is 1. The van der Waals surface area contributed by atoms with Crippen molar-refractivity contribution in [2.45, 2.75) is 25.0 Å². The Morgan fingerprint density at radius 1 is 1.33 bits per heavy atom. The van der Waals surface area contributed by atoms with Gasteiger partial charge in [-0.3, -0.25) is 4.21 Å². The van der Waals surface area contributed by atoms with Gasteiger partial charge >= 0.3 is 0 Å². The van der Waals surface area contributed by atoms with Gasteiger partial charge in [0.1, 0.15) is 0 Å². The molecular weight excluding hydrogens is 208 g/mol. The molecule has 1 unspecified atom stereocenters. The fraction of sp³-hybridized carbons (Fsp3) is 0.364. The first-order valence-corrected chi connectivity index (χ1v) is 6.47. The van der Waals surface area contributed by atoms with Gasteiger partial charge in [-0.25, -0.2) is 4.98 Å². The fourth-order valence-electron chi connectivity index (χ4n) is 1.72. The lowest BCUT2D eigenvalue weighted by Gasteiger charge is -2.10. The van der Waals surface area contributed by atoms with Crippen molar-refractivity contribution in [3.05, 3.63) is 24.3 Å². The van der Waals surface area contributed by atoms with Gasteiger partial charge in [0.15, 0.2) is 5.16 Å².